The molecule has 1 aromatic rings. The van der Waals surface area contributed by atoms with Crippen LogP contribution in [0.4, 0.5) is 0 Å². The number of carboxylic acids is 1. The Morgan fingerprint density at radius 2 is 1.95 bits per heavy atom. The van der Waals surface area contributed by atoms with Crippen LogP contribution in [0.2, 0.25) is 0 Å². The molecule has 1 saturated heterocycles. The third kappa shape index (κ3) is 2.78. The summed E-state index contributed by atoms with van der Waals surface area (Å²) in [5.74, 6) is -0.589. The molecule has 2 fully saturated rings. The van der Waals surface area contributed by atoms with Gasteiger partial charge in [0.05, 0.1) is 12.2 Å². The molecule has 2 aliphatic rings. The van der Waals surface area contributed by atoms with E-state index in [9.17, 15) is 4.79 Å². The molecule has 1 saturated carbocycles. The highest BCUT2D eigenvalue weighted by Crippen LogP contribution is 2.41. The lowest BCUT2D eigenvalue weighted by atomic mass is 10.1. The second kappa shape index (κ2) is 5.28. The summed E-state index contributed by atoms with van der Waals surface area (Å²) >= 11 is 0. The molecule has 1 aromatic heterocycles. The van der Waals surface area contributed by atoms with Crippen molar-refractivity contribution < 1.29 is 9.90 Å². The van der Waals surface area contributed by atoms with E-state index >= 15 is 0 Å². The zero-order valence-corrected chi connectivity index (χ0v) is 11.1. The predicted octanol–water partition coefficient (Wildman–Crippen LogP) is 1.34. The van der Waals surface area contributed by atoms with E-state index in [2.05, 4.69) is 15.2 Å². The minimum absolute atomic E-state index is 0.154. The minimum Gasteiger partial charge on any atom is -0.476 e. The number of carboxylic acid groups (broad SMARTS) is 1. The van der Waals surface area contributed by atoms with Crippen molar-refractivity contribution in [1.29, 1.82) is 0 Å². The third-order valence-electron chi connectivity index (χ3n) is 4.02. The Bertz CT molecular complexity index is 461. The molecule has 1 aliphatic carbocycles. The zero-order chi connectivity index (χ0) is 13.2. The number of hydrogen-bond donors (Lipinski definition) is 1. The maximum atomic E-state index is 11.1. The fourth-order valence-corrected chi connectivity index (χ4v) is 2.82. The Kier molecular flexibility index (Phi) is 3.50. The predicted molar refractivity (Wildman–Crippen MR) is 69.2 cm³/mol. The second-order valence-electron chi connectivity index (χ2n) is 5.53. The number of aromatic nitrogens is 3. The Balaban J connectivity index is 1.68. The van der Waals surface area contributed by atoms with Crippen molar-refractivity contribution in [2.45, 2.75) is 44.6 Å². The van der Waals surface area contributed by atoms with E-state index in [1.165, 1.54) is 19.3 Å². The van der Waals surface area contributed by atoms with Gasteiger partial charge in [0.1, 0.15) is 0 Å². The van der Waals surface area contributed by atoms with E-state index in [0.717, 1.165) is 44.7 Å². The molecule has 0 spiro atoms. The molecule has 0 unspecified atom stereocenters. The first-order valence-electron chi connectivity index (χ1n) is 7.15. The van der Waals surface area contributed by atoms with Crippen LogP contribution in [0.1, 0.15) is 54.2 Å². The van der Waals surface area contributed by atoms with Crippen LogP contribution in [-0.4, -0.2) is 50.6 Å². The largest absolute Gasteiger partial charge is 0.476 e. The van der Waals surface area contributed by atoms with Crippen molar-refractivity contribution in [2.24, 2.45) is 0 Å². The van der Waals surface area contributed by atoms with Crippen molar-refractivity contribution in [3.05, 3.63) is 11.4 Å². The molecule has 0 bridgehead atoms. The molecule has 3 rings (SSSR count). The third-order valence-corrected chi connectivity index (χ3v) is 4.02. The first-order chi connectivity index (χ1) is 9.25. The highest BCUT2D eigenvalue weighted by atomic mass is 16.4. The van der Waals surface area contributed by atoms with Crippen molar-refractivity contribution >= 4 is 5.97 Å². The van der Waals surface area contributed by atoms with Gasteiger partial charge in [-0.2, -0.15) is 0 Å². The summed E-state index contributed by atoms with van der Waals surface area (Å²) in [5, 5.41) is 17.0. The molecule has 0 aromatic carbocycles. The van der Waals surface area contributed by atoms with Gasteiger partial charge in [-0.1, -0.05) is 11.6 Å². The fourth-order valence-electron chi connectivity index (χ4n) is 2.82. The quantitative estimate of drug-likeness (QED) is 0.869. The fraction of sp³-hybridized carbons (Fsp3) is 0.769. The molecule has 104 valence electrons. The summed E-state index contributed by atoms with van der Waals surface area (Å²) in [6.07, 6.45) is 6.01. The van der Waals surface area contributed by atoms with Crippen LogP contribution in [0, 0.1) is 0 Å². The first kappa shape index (κ1) is 12.6. The number of aromatic carboxylic acids is 1. The van der Waals surface area contributed by atoms with E-state index in [4.69, 9.17) is 5.11 Å². The molecule has 1 N–H and O–H groups in total. The summed E-state index contributed by atoms with van der Waals surface area (Å²) in [4.78, 5) is 13.6. The summed E-state index contributed by atoms with van der Waals surface area (Å²) in [5.41, 5.74) is 0.991. The Labute approximate surface area is 112 Å². The average Bonchev–Trinajstić information content (AvgIpc) is 3.17. The second-order valence-corrected chi connectivity index (χ2v) is 5.53. The molecular formula is C13H20N4O2. The van der Waals surface area contributed by atoms with E-state index < -0.39 is 5.97 Å². The maximum absolute atomic E-state index is 11.1. The van der Waals surface area contributed by atoms with E-state index in [1.54, 1.807) is 0 Å². The van der Waals surface area contributed by atoms with Crippen LogP contribution in [0.15, 0.2) is 0 Å². The van der Waals surface area contributed by atoms with Gasteiger partial charge < -0.3 is 10.0 Å². The number of piperidine rings is 1. The SMILES string of the molecule is O=C(O)c1nnn(CCN2CCCCC2)c1C1CC1. The topological polar surface area (TPSA) is 71.2 Å². The summed E-state index contributed by atoms with van der Waals surface area (Å²) in [6, 6.07) is 0. The molecule has 6 nitrogen and oxygen atoms in total. The van der Waals surface area contributed by atoms with E-state index in [0.29, 0.717) is 5.92 Å². The molecule has 1 aliphatic heterocycles. The molecule has 2 heterocycles. The van der Waals surface area contributed by atoms with E-state index in [1.807, 2.05) is 4.68 Å². The van der Waals surface area contributed by atoms with Crippen LogP contribution >= 0.6 is 0 Å². The molecule has 19 heavy (non-hydrogen) atoms. The van der Waals surface area contributed by atoms with Gasteiger partial charge in [0.15, 0.2) is 5.69 Å². The molecular weight excluding hydrogens is 244 g/mol. The lowest BCUT2D eigenvalue weighted by Crippen LogP contribution is -2.33. The van der Waals surface area contributed by atoms with Crippen molar-refractivity contribution in [2.75, 3.05) is 19.6 Å². The van der Waals surface area contributed by atoms with Gasteiger partial charge in [0.2, 0.25) is 0 Å². The lowest BCUT2D eigenvalue weighted by Gasteiger charge is -2.26. The Morgan fingerprint density at radius 3 is 2.58 bits per heavy atom. The van der Waals surface area contributed by atoms with Crippen molar-refractivity contribution in [1.82, 2.24) is 19.9 Å². The number of rotatable bonds is 5. The van der Waals surface area contributed by atoms with Gasteiger partial charge >= 0.3 is 5.97 Å². The van der Waals surface area contributed by atoms with Crippen LogP contribution in [0.3, 0.4) is 0 Å². The highest BCUT2D eigenvalue weighted by molar-refractivity contribution is 5.86. The lowest BCUT2D eigenvalue weighted by molar-refractivity contribution is 0.0689. The van der Waals surface area contributed by atoms with E-state index in [-0.39, 0.29) is 5.69 Å². The van der Waals surface area contributed by atoms with Gasteiger partial charge in [-0.25, -0.2) is 9.48 Å². The molecule has 0 atom stereocenters. The van der Waals surface area contributed by atoms with Crippen LogP contribution in [0.5, 0.6) is 0 Å². The standard InChI is InChI=1S/C13H20N4O2/c18-13(19)11-12(10-4-5-10)17(15-14-11)9-8-16-6-2-1-3-7-16/h10H,1-9H2,(H,18,19). The molecule has 0 radical (unpaired) electrons. The normalized spacial score (nSPS) is 20.6. The Hall–Kier alpha value is -1.43. The van der Waals surface area contributed by atoms with Crippen molar-refractivity contribution in [3.8, 4) is 0 Å². The zero-order valence-electron chi connectivity index (χ0n) is 11.1. The van der Waals surface area contributed by atoms with Crippen LogP contribution < -0.4 is 0 Å². The summed E-state index contributed by atoms with van der Waals surface area (Å²) in [7, 11) is 0. The number of carbonyl (C=O) groups is 1. The van der Waals surface area contributed by atoms with Gasteiger partial charge in [0, 0.05) is 12.5 Å². The summed E-state index contributed by atoms with van der Waals surface area (Å²) < 4.78 is 1.82. The van der Waals surface area contributed by atoms with Crippen molar-refractivity contribution in [3.63, 3.8) is 0 Å². The summed E-state index contributed by atoms with van der Waals surface area (Å²) in [6.45, 7) is 4.01. The smallest absolute Gasteiger partial charge is 0.358 e. The maximum Gasteiger partial charge on any atom is 0.358 e. The Morgan fingerprint density at radius 1 is 1.21 bits per heavy atom. The van der Waals surface area contributed by atoms with Gasteiger partial charge in [-0.3, -0.25) is 0 Å². The van der Waals surface area contributed by atoms with Gasteiger partial charge in [-0.15, -0.1) is 5.10 Å². The van der Waals surface area contributed by atoms with Gasteiger partial charge in [0.25, 0.3) is 0 Å². The van der Waals surface area contributed by atoms with Crippen LogP contribution in [0.25, 0.3) is 0 Å². The average molecular weight is 264 g/mol. The monoisotopic (exact) mass is 264 g/mol. The highest BCUT2D eigenvalue weighted by Gasteiger charge is 2.33. The van der Waals surface area contributed by atoms with Crippen LogP contribution in [-0.2, 0) is 6.54 Å². The first-order valence-corrected chi connectivity index (χ1v) is 7.15. The van der Waals surface area contributed by atoms with Gasteiger partial charge in [-0.05, 0) is 38.8 Å². The number of hydrogen-bond acceptors (Lipinski definition) is 4. The number of likely N-dealkylation sites (tertiary alicyclic amines) is 1. The molecule has 6 heteroatoms. The minimum atomic E-state index is -0.953. The molecule has 0 amide bonds. The number of nitrogens with zero attached hydrogens (tertiary/aromatic N) is 4.